The summed E-state index contributed by atoms with van der Waals surface area (Å²) in [5, 5.41) is 5.46. The van der Waals surface area contributed by atoms with Crippen LogP contribution in [0.2, 0.25) is 0 Å². The zero-order valence-corrected chi connectivity index (χ0v) is 10.6. The normalized spacial score (nSPS) is 18.5. The largest absolute Gasteiger partial charge is 0.357 e. The Hall–Kier alpha value is -1.06. The van der Waals surface area contributed by atoms with Crippen LogP contribution in [0.15, 0.2) is 0 Å². The van der Waals surface area contributed by atoms with Gasteiger partial charge in [-0.15, -0.1) is 0 Å². The first-order chi connectivity index (χ1) is 7.36. The van der Waals surface area contributed by atoms with E-state index in [1.807, 2.05) is 20.8 Å². The van der Waals surface area contributed by atoms with Crippen LogP contribution in [0.3, 0.4) is 0 Å². The number of amides is 2. The Labute approximate surface area is 97.2 Å². The fourth-order valence-electron chi connectivity index (χ4n) is 1.75. The second-order valence-corrected chi connectivity index (χ2v) is 5.55. The molecule has 0 spiro atoms. The van der Waals surface area contributed by atoms with Crippen molar-refractivity contribution >= 4 is 11.8 Å². The van der Waals surface area contributed by atoms with Gasteiger partial charge in [0.25, 0.3) is 0 Å². The molecule has 0 aliphatic heterocycles. The molecule has 1 rings (SSSR count). The lowest BCUT2D eigenvalue weighted by Gasteiger charge is -2.33. The number of hydrogen-bond acceptors (Lipinski definition) is 2. The first-order valence-electron chi connectivity index (χ1n) is 5.88. The van der Waals surface area contributed by atoms with Crippen LogP contribution in [0, 0.1) is 11.3 Å². The molecule has 1 aliphatic carbocycles. The molecule has 4 nitrogen and oxygen atoms in total. The van der Waals surface area contributed by atoms with Crippen molar-refractivity contribution in [1.82, 2.24) is 10.6 Å². The predicted molar refractivity (Wildman–Crippen MR) is 62.8 cm³/mol. The molecule has 1 aliphatic rings. The van der Waals surface area contributed by atoms with Gasteiger partial charge >= 0.3 is 0 Å². The van der Waals surface area contributed by atoms with Crippen molar-refractivity contribution in [3.05, 3.63) is 0 Å². The molecule has 92 valence electrons. The van der Waals surface area contributed by atoms with Crippen LogP contribution in [-0.4, -0.2) is 24.9 Å². The van der Waals surface area contributed by atoms with Crippen LogP contribution in [0.25, 0.3) is 0 Å². The Balaban J connectivity index is 2.63. The maximum absolute atomic E-state index is 11.8. The third-order valence-electron chi connectivity index (χ3n) is 3.14. The number of carbonyl (C=O) groups excluding carboxylic acids is 2. The van der Waals surface area contributed by atoms with Crippen LogP contribution in [0.1, 0.15) is 40.0 Å². The highest BCUT2D eigenvalue weighted by atomic mass is 16.2. The van der Waals surface area contributed by atoms with E-state index in [1.54, 1.807) is 7.05 Å². The summed E-state index contributed by atoms with van der Waals surface area (Å²) < 4.78 is 0. The fourth-order valence-corrected chi connectivity index (χ4v) is 1.75. The van der Waals surface area contributed by atoms with Gasteiger partial charge in [0.2, 0.25) is 11.8 Å². The van der Waals surface area contributed by atoms with E-state index in [-0.39, 0.29) is 23.1 Å². The molecule has 0 heterocycles. The number of nitrogens with one attached hydrogen (secondary N) is 2. The van der Waals surface area contributed by atoms with Crippen LogP contribution >= 0.6 is 0 Å². The number of hydrogen-bond donors (Lipinski definition) is 2. The lowest BCUT2D eigenvalue weighted by Crippen LogP contribution is -2.54. The number of carbonyl (C=O) groups is 2. The SMILES string of the molecule is CNC(=O)C(NC(=O)C1CCC1)C(C)(C)C. The molecular formula is C12H22N2O2. The van der Waals surface area contributed by atoms with Gasteiger partial charge in [0.15, 0.2) is 0 Å². The van der Waals surface area contributed by atoms with E-state index < -0.39 is 6.04 Å². The molecule has 0 aromatic rings. The summed E-state index contributed by atoms with van der Waals surface area (Å²) in [5.41, 5.74) is -0.264. The Morgan fingerprint density at radius 3 is 2.12 bits per heavy atom. The Morgan fingerprint density at radius 1 is 1.25 bits per heavy atom. The van der Waals surface area contributed by atoms with Crippen molar-refractivity contribution in [3.63, 3.8) is 0 Å². The van der Waals surface area contributed by atoms with Crippen LogP contribution in [0.4, 0.5) is 0 Å². The number of likely N-dealkylation sites (N-methyl/N-ethyl adjacent to an activating group) is 1. The third-order valence-corrected chi connectivity index (χ3v) is 3.14. The van der Waals surface area contributed by atoms with E-state index in [2.05, 4.69) is 10.6 Å². The highest BCUT2D eigenvalue weighted by molar-refractivity contribution is 5.89. The molecule has 2 N–H and O–H groups in total. The van der Waals surface area contributed by atoms with Gasteiger partial charge in [0, 0.05) is 13.0 Å². The van der Waals surface area contributed by atoms with Gasteiger partial charge in [-0.3, -0.25) is 9.59 Å². The molecule has 1 saturated carbocycles. The van der Waals surface area contributed by atoms with E-state index in [4.69, 9.17) is 0 Å². The van der Waals surface area contributed by atoms with Crippen molar-refractivity contribution in [2.75, 3.05) is 7.05 Å². The Morgan fingerprint density at radius 2 is 1.81 bits per heavy atom. The molecule has 2 amide bonds. The molecule has 1 unspecified atom stereocenters. The molecular weight excluding hydrogens is 204 g/mol. The van der Waals surface area contributed by atoms with E-state index in [1.165, 1.54) is 0 Å². The lowest BCUT2D eigenvalue weighted by atomic mass is 9.82. The molecule has 0 aromatic heterocycles. The average molecular weight is 226 g/mol. The van der Waals surface area contributed by atoms with Gasteiger partial charge in [0.1, 0.15) is 6.04 Å². The summed E-state index contributed by atoms with van der Waals surface area (Å²) in [4.78, 5) is 23.5. The second kappa shape index (κ2) is 4.85. The zero-order valence-electron chi connectivity index (χ0n) is 10.6. The zero-order chi connectivity index (χ0) is 12.3. The van der Waals surface area contributed by atoms with Gasteiger partial charge in [-0.05, 0) is 18.3 Å². The van der Waals surface area contributed by atoms with Crippen LogP contribution in [-0.2, 0) is 9.59 Å². The summed E-state index contributed by atoms with van der Waals surface area (Å²) >= 11 is 0. The molecule has 0 bridgehead atoms. The Kier molecular flexibility index (Phi) is 3.94. The second-order valence-electron chi connectivity index (χ2n) is 5.55. The van der Waals surface area contributed by atoms with Crippen LogP contribution in [0.5, 0.6) is 0 Å². The minimum atomic E-state index is -0.453. The van der Waals surface area contributed by atoms with Gasteiger partial charge in [-0.2, -0.15) is 0 Å². The summed E-state index contributed by atoms with van der Waals surface area (Å²) in [6, 6.07) is -0.453. The maximum Gasteiger partial charge on any atom is 0.242 e. The van der Waals surface area contributed by atoms with Gasteiger partial charge in [0.05, 0.1) is 0 Å². The van der Waals surface area contributed by atoms with Crippen LogP contribution < -0.4 is 10.6 Å². The maximum atomic E-state index is 11.8. The minimum absolute atomic E-state index is 0.0229. The molecule has 1 atom stereocenters. The van der Waals surface area contributed by atoms with E-state index >= 15 is 0 Å². The summed E-state index contributed by atoms with van der Waals surface area (Å²) in [5.74, 6) is 0.0180. The van der Waals surface area contributed by atoms with Crippen molar-refractivity contribution < 1.29 is 9.59 Å². The summed E-state index contributed by atoms with van der Waals surface area (Å²) in [7, 11) is 1.59. The van der Waals surface area contributed by atoms with Gasteiger partial charge in [-0.25, -0.2) is 0 Å². The lowest BCUT2D eigenvalue weighted by molar-refractivity contribution is -0.134. The first-order valence-corrected chi connectivity index (χ1v) is 5.88. The van der Waals surface area contributed by atoms with Crippen molar-refractivity contribution in [2.24, 2.45) is 11.3 Å². The third kappa shape index (κ3) is 2.97. The first kappa shape index (κ1) is 13.0. The topological polar surface area (TPSA) is 58.2 Å². The standard InChI is InChI=1S/C12H22N2O2/c1-12(2,3)9(11(16)13-4)14-10(15)8-6-5-7-8/h8-9H,5-7H2,1-4H3,(H,13,16)(H,14,15). The highest BCUT2D eigenvalue weighted by Crippen LogP contribution is 2.27. The Bertz CT molecular complexity index is 277. The average Bonchev–Trinajstić information content (AvgIpc) is 2.08. The summed E-state index contributed by atoms with van der Waals surface area (Å²) in [6.45, 7) is 5.86. The minimum Gasteiger partial charge on any atom is -0.357 e. The molecule has 0 aromatic carbocycles. The fraction of sp³-hybridized carbons (Fsp3) is 0.833. The molecule has 0 saturated heterocycles. The molecule has 4 heteroatoms. The summed E-state index contributed by atoms with van der Waals surface area (Å²) in [6.07, 6.45) is 3.03. The van der Waals surface area contributed by atoms with Crippen molar-refractivity contribution in [2.45, 2.75) is 46.1 Å². The van der Waals surface area contributed by atoms with Gasteiger partial charge in [-0.1, -0.05) is 27.2 Å². The van der Waals surface area contributed by atoms with E-state index in [0.29, 0.717) is 0 Å². The highest BCUT2D eigenvalue weighted by Gasteiger charge is 2.35. The smallest absolute Gasteiger partial charge is 0.242 e. The molecule has 0 radical (unpaired) electrons. The monoisotopic (exact) mass is 226 g/mol. The van der Waals surface area contributed by atoms with Crippen molar-refractivity contribution in [1.29, 1.82) is 0 Å². The van der Waals surface area contributed by atoms with Crippen molar-refractivity contribution in [3.8, 4) is 0 Å². The van der Waals surface area contributed by atoms with E-state index in [0.717, 1.165) is 19.3 Å². The number of rotatable bonds is 3. The van der Waals surface area contributed by atoms with Gasteiger partial charge < -0.3 is 10.6 Å². The molecule has 1 fully saturated rings. The molecule has 16 heavy (non-hydrogen) atoms. The quantitative estimate of drug-likeness (QED) is 0.756. The predicted octanol–water partition coefficient (Wildman–Crippen LogP) is 1.06. The van der Waals surface area contributed by atoms with E-state index in [9.17, 15) is 9.59 Å².